The summed E-state index contributed by atoms with van der Waals surface area (Å²) < 4.78 is 5.85. The molecule has 0 spiro atoms. The normalized spacial score (nSPS) is 37.3. The van der Waals surface area contributed by atoms with E-state index >= 15 is 0 Å². The summed E-state index contributed by atoms with van der Waals surface area (Å²) in [5.74, 6) is -2.05. The monoisotopic (exact) mass is 310 g/mol. The number of anilines is 1. The van der Waals surface area contributed by atoms with Crippen LogP contribution in [0.2, 0.25) is 0 Å². The highest BCUT2D eigenvalue weighted by Crippen LogP contribution is 2.57. The molecular formula is C17H14N2O4. The van der Waals surface area contributed by atoms with Crippen molar-refractivity contribution in [3.05, 3.63) is 42.0 Å². The Bertz CT molecular complexity index is 794. The van der Waals surface area contributed by atoms with Crippen molar-refractivity contribution in [3.8, 4) is 6.07 Å². The van der Waals surface area contributed by atoms with Crippen LogP contribution in [-0.2, 0) is 14.3 Å². The maximum Gasteiger partial charge on any atom is 0.241 e. The smallest absolute Gasteiger partial charge is 0.241 e. The van der Waals surface area contributed by atoms with E-state index in [1.807, 2.05) is 6.07 Å². The predicted octanol–water partition coefficient (Wildman–Crippen LogP) is 0.754. The van der Waals surface area contributed by atoms with Crippen LogP contribution in [0.1, 0.15) is 12.5 Å². The largest absolute Gasteiger partial charge is 0.393 e. The van der Waals surface area contributed by atoms with Crippen LogP contribution in [-0.4, -0.2) is 34.7 Å². The number of ether oxygens (including phenoxy) is 1. The molecule has 3 aliphatic heterocycles. The molecule has 0 saturated carbocycles. The first-order valence-electron chi connectivity index (χ1n) is 7.35. The molecule has 4 rings (SSSR count). The Balaban J connectivity index is 1.78. The van der Waals surface area contributed by atoms with Gasteiger partial charge >= 0.3 is 0 Å². The van der Waals surface area contributed by atoms with Gasteiger partial charge in [-0.2, -0.15) is 5.26 Å². The van der Waals surface area contributed by atoms with Crippen LogP contribution >= 0.6 is 0 Å². The first-order valence-corrected chi connectivity index (χ1v) is 7.35. The van der Waals surface area contributed by atoms with Crippen molar-refractivity contribution in [2.24, 2.45) is 11.8 Å². The molecule has 3 aliphatic rings. The molecule has 0 aromatic heterocycles. The fourth-order valence-corrected chi connectivity index (χ4v) is 3.98. The Morgan fingerprint density at radius 3 is 2.48 bits per heavy atom. The van der Waals surface area contributed by atoms with Gasteiger partial charge in [0.1, 0.15) is 5.60 Å². The maximum absolute atomic E-state index is 12.9. The van der Waals surface area contributed by atoms with Gasteiger partial charge in [0.2, 0.25) is 11.8 Å². The Morgan fingerprint density at radius 2 is 1.87 bits per heavy atom. The summed E-state index contributed by atoms with van der Waals surface area (Å²) in [7, 11) is 0. The van der Waals surface area contributed by atoms with Crippen LogP contribution in [0.25, 0.3) is 0 Å². The minimum Gasteiger partial charge on any atom is -0.393 e. The molecule has 2 fully saturated rings. The van der Waals surface area contributed by atoms with E-state index in [1.165, 1.54) is 0 Å². The number of carbonyl (C=O) groups excluding carboxylic acids is 2. The number of rotatable bonds is 2. The second-order valence-electron chi connectivity index (χ2n) is 6.36. The lowest BCUT2D eigenvalue weighted by Crippen LogP contribution is -2.43. The van der Waals surface area contributed by atoms with Crippen LogP contribution in [0, 0.1) is 23.2 Å². The summed E-state index contributed by atoms with van der Waals surface area (Å²) in [4.78, 5) is 26.9. The SMILES string of the molecule is C[C@@]12C=C[C@@](CO)(O1)[C@@H]1C(=O)N(c3ccc(C#N)cc3)C(=O)[C@H]12. The van der Waals surface area contributed by atoms with Gasteiger partial charge in [-0.1, -0.05) is 12.2 Å². The molecule has 3 heterocycles. The average Bonchev–Trinajstić information content (AvgIpc) is 3.14. The lowest BCUT2D eigenvalue weighted by Gasteiger charge is -2.26. The molecule has 6 heteroatoms. The topological polar surface area (TPSA) is 90.6 Å². The number of fused-ring (bicyclic) bond motifs is 5. The highest BCUT2D eigenvalue weighted by Gasteiger charge is 2.72. The van der Waals surface area contributed by atoms with E-state index in [-0.39, 0.29) is 18.4 Å². The van der Waals surface area contributed by atoms with Gasteiger partial charge in [0.25, 0.3) is 0 Å². The van der Waals surface area contributed by atoms with Crippen LogP contribution in [0.3, 0.4) is 0 Å². The van der Waals surface area contributed by atoms with Gasteiger partial charge in [-0.3, -0.25) is 9.59 Å². The molecule has 1 aromatic rings. The lowest BCUT2D eigenvalue weighted by molar-refractivity contribution is -0.131. The number of aliphatic hydroxyl groups is 1. The standard InChI is InChI=1S/C17H14N2O4/c1-16-6-7-17(9-20,23-16)13-12(16)14(21)19(15(13)22)11-4-2-10(8-18)3-5-11/h2-7,12-13,20H,9H2,1H3/t12-,13-,16-,17-/m0/s1. The van der Waals surface area contributed by atoms with E-state index in [9.17, 15) is 14.7 Å². The van der Waals surface area contributed by atoms with E-state index in [1.54, 1.807) is 43.3 Å². The Hall–Kier alpha value is -2.49. The van der Waals surface area contributed by atoms with Gasteiger partial charge in [0.15, 0.2) is 0 Å². The molecule has 116 valence electrons. The summed E-state index contributed by atoms with van der Waals surface area (Å²) in [5.41, 5.74) is -1.10. The molecule has 0 unspecified atom stereocenters. The van der Waals surface area contributed by atoms with E-state index in [2.05, 4.69) is 0 Å². The minimum atomic E-state index is -1.12. The predicted molar refractivity (Wildman–Crippen MR) is 79.1 cm³/mol. The van der Waals surface area contributed by atoms with Crippen molar-refractivity contribution >= 4 is 17.5 Å². The van der Waals surface area contributed by atoms with E-state index in [0.29, 0.717) is 11.3 Å². The third-order valence-electron chi connectivity index (χ3n) is 5.06. The van der Waals surface area contributed by atoms with E-state index in [0.717, 1.165) is 4.90 Å². The summed E-state index contributed by atoms with van der Waals surface area (Å²) in [6.45, 7) is 1.42. The van der Waals surface area contributed by atoms with Crippen LogP contribution in [0.4, 0.5) is 5.69 Å². The Labute approximate surface area is 132 Å². The van der Waals surface area contributed by atoms with E-state index < -0.39 is 23.0 Å². The van der Waals surface area contributed by atoms with Crippen molar-refractivity contribution < 1.29 is 19.4 Å². The molecular weight excluding hydrogens is 296 g/mol. The van der Waals surface area contributed by atoms with Gasteiger partial charge in [0.05, 0.1) is 41.4 Å². The highest BCUT2D eigenvalue weighted by atomic mass is 16.5. The zero-order chi connectivity index (χ0) is 16.4. The zero-order valence-corrected chi connectivity index (χ0v) is 12.4. The fourth-order valence-electron chi connectivity index (χ4n) is 3.98. The Morgan fingerprint density at radius 1 is 1.22 bits per heavy atom. The quantitative estimate of drug-likeness (QED) is 0.643. The van der Waals surface area contributed by atoms with Gasteiger partial charge in [-0.25, -0.2) is 4.90 Å². The summed E-state index contributed by atoms with van der Waals surface area (Å²) in [6.07, 6.45) is 3.46. The van der Waals surface area contributed by atoms with Crippen molar-refractivity contribution in [1.29, 1.82) is 5.26 Å². The molecule has 0 radical (unpaired) electrons. The molecule has 23 heavy (non-hydrogen) atoms. The number of nitrogens with zero attached hydrogens (tertiary/aromatic N) is 2. The molecule has 6 nitrogen and oxygen atoms in total. The van der Waals surface area contributed by atoms with Crippen molar-refractivity contribution in [1.82, 2.24) is 0 Å². The third kappa shape index (κ3) is 1.58. The Kier molecular flexibility index (Phi) is 2.63. The van der Waals surface area contributed by atoms with Gasteiger partial charge < -0.3 is 9.84 Å². The molecule has 1 aromatic carbocycles. The molecule has 2 saturated heterocycles. The number of aliphatic hydroxyl groups excluding tert-OH is 1. The van der Waals surface area contributed by atoms with Crippen molar-refractivity contribution in [3.63, 3.8) is 0 Å². The minimum absolute atomic E-state index is 0.327. The highest BCUT2D eigenvalue weighted by molar-refractivity contribution is 6.23. The van der Waals surface area contributed by atoms with Crippen molar-refractivity contribution in [2.75, 3.05) is 11.5 Å². The third-order valence-corrected chi connectivity index (χ3v) is 5.06. The number of hydrogen-bond acceptors (Lipinski definition) is 5. The van der Waals surface area contributed by atoms with Gasteiger partial charge in [0, 0.05) is 0 Å². The van der Waals surface area contributed by atoms with E-state index in [4.69, 9.17) is 10.00 Å². The van der Waals surface area contributed by atoms with Crippen LogP contribution in [0.15, 0.2) is 36.4 Å². The number of amides is 2. The number of hydrogen-bond donors (Lipinski definition) is 1. The van der Waals surface area contributed by atoms with Gasteiger partial charge in [-0.05, 0) is 31.2 Å². The zero-order valence-electron chi connectivity index (χ0n) is 12.4. The molecule has 1 N–H and O–H groups in total. The molecule has 2 amide bonds. The number of imide groups is 1. The lowest BCUT2D eigenvalue weighted by atomic mass is 9.73. The number of benzene rings is 1. The number of nitriles is 1. The fraction of sp³-hybridized carbons (Fsp3) is 0.353. The van der Waals surface area contributed by atoms with Crippen LogP contribution < -0.4 is 4.90 Å². The number of carbonyl (C=O) groups is 2. The molecule has 0 aliphatic carbocycles. The summed E-state index contributed by atoms with van der Waals surface area (Å²) >= 11 is 0. The summed E-state index contributed by atoms with van der Waals surface area (Å²) in [5, 5.41) is 18.6. The first kappa shape index (κ1) is 14.1. The van der Waals surface area contributed by atoms with Gasteiger partial charge in [-0.15, -0.1) is 0 Å². The van der Waals surface area contributed by atoms with Crippen LogP contribution in [0.5, 0.6) is 0 Å². The molecule has 2 bridgehead atoms. The van der Waals surface area contributed by atoms with Crippen molar-refractivity contribution in [2.45, 2.75) is 18.1 Å². The average molecular weight is 310 g/mol. The maximum atomic E-state index is 12.9. The second kappa shape index (κ2) is 4.28. The second-order valence-corrected chi connectivity index (χ2v) is 6.36. The first-order chi connectivity index (χ1) is 11.0. The molecule has 4 atom stereocenters. The summed E-state index contributed by atoms with van der Waals surface area (Å²) in [6, 6.07) is 8.30.